The lowest BCUT2D eigenvalue weighted by Gasteiger charge is -2.12. The summed E-state index contributed by atoms with van der Waals surface area (Å²) in [7, 11) is 0. The van der Waals surface area contributed by atoms with Gasteiger partial charge in [-0.1, -0.05) is 13.8 Å². The molecule has 10 heteroatoms. The van der Waals surface area contributed by atoms with Gasteiger partial charge in [0.15, 0.2) is 0 Å². The number of carbonyl (C=O) groups excluding carboxylic acids is 5. The van der Waals surface area contributed by atoms with E-state index in [-0.39, 0.29) is 19.6 Å². The van der Waals surface area contributed by atoms with E-state index >= 15 is 0 Å². The summed E-state index contributed by atoms with van der Waals surface area (Å²) in [5, 5.41) is 9.65. The fourth-order valence-corrected chi connectivity index (χ4v) is 1.81. The third kappa shape index (κ3) is 11.6. The molecule has 27 heavy (non-hydrogen) atoms. The van der Waals surface area contributed by atoms with Crippen molar-refractivity contribution in [3.63, 3.8) is 0 Å². The number of hydrogen-bond donors (Lipinski definition) is 4. The van der Waals surface area contributed by atoms with Crippen molar-refractivity contribution in [2.45, 2.75) is 40.0 Å². The first-order valence-electron chi connectivity index (χ1n) is 9.12. The molecule has 0 aliphatic rings. The van der Waals surface area contributed by atoms with Gasteiger partial charge < -0.3 is 26.0 Å². The fraction of sp³-hybridized carbons (Fsp3) is 0.706. The Hall–Kier alpha value is -2.65. The van der Waals surface area contributed by atoms with E-state index in [1.807, 2.05) is 6.92 Å². The van der Waals surface area contributed by atoms with Gasteiger partial charge in [0.2, 0.25) is 0 Å². The Morgan fingerprint density at radius 2 is 1.26 bits per heavy atom. The Kier molecular flexibility index (Phi) is 13.1. The zero-order valence-electron chi connectivity index (χ0n) is 16.2. The molecule has 0 fully saturated rings. The second-order valence-electron chi connectivity index (χ2n) is 5.86. The number of esters is 1. The molecule has 0 saturated carbocycles. The lowest BCUT2D eigenvalue weighted by molar-refractivity contribution is -0.148. The van der Waals surface area contributed by atoms with Crippen molar-refractivity contribution in [3.05, 3.63) is 0 Å². The number of unbranched alkanes of at least 4 members (excludes halogenated alkanes) is 1. The number of rotatable bonds is 11. The highest BCUT2D eigenvalue weighted by Crippen LogP contribution is 1.97. The van der Waals surface area contributed by atoms with Gasteiger partial charge in [-0.15, -0.1) is 0 Å². The number of amides is 4. The van der Waals surface area contributed by atoms with Crippen LogP contribution in [0.15, 0.2) is 0 Å². The van der Waals surface area contributed by atoms with Gasteiger partial charge in [0.1, 0.15) is 0 Å². The van der Waals surface area contributed by atoms with E-state index in [0.717, 1.165) is 0 Å². The van der Waals surface area contributed by atoms with Crippen molar-refractivity contribution in [2.24, 2.45) is 5.92 Å². The van der Waals surface area contributed by atoms with Crippen LogP contribution < -0.4 is 21.3 Å². The Balaban J connectivity index is 3.83. The summed E-state index contributed by atoms with van der Waals surface area (Å²) < 4.78 is 4.95. The Bertz CT molecular complexity index is 524. The van der Waals surface area contributed by atoms with Crippen molar-refractivity contribution in [2.75, 3.05) is 32.8 Å². The number of ether oxygens (including phenoxy) is 1. The zero-order valence-corrected chi connectivity index (χ0v) is 16.2. The molecule has 0 radical (unpaired) electrons. The van der Waals surface area contributed by atoms with E-state index in [1.165, 1.54) is 0 Å². The van der Waals surface area contributed by atoms with E-state index in [0.29, 0.717) is 32.4 Å². The molecule has 4 N–H and O–H groups in total. The molecule has 0 rings (SSSR count). The second-order valence-corrected chi connectivity index (χ2v) is 5.86. The van der Waals surface area contributed by atoms with Gasteiger partial charge in [0.25, 0.3) is 0 Å². The minimum Gasteiger partial charge on any atom is -0.465 e. The third-order valence-electron chi connectivity index (χ3n) is 3.34. The Morgan fingerprint density at radius 3 is 1.74 bits per heavy atom. The van der Waals surface area contributed by atoms with Crippen LogP contribution >= 0.6 is 0 Å². The summed E-state index contributed by atoms with van der Waals surface area (Å²) in [6, 6.07) is 0. The van der Waals surface area contributed by atoms with Crippen LogP contribution in [0.3, 0.4) is 0 Å². The molecule has 0 aromatic heterocycles. The lowest BCUT2D eigenvalue weighted by Crippen LogP contribution is -2.43. The average Bonchev–Trinajstić information content (AvgIpc) is 2.65. The molecule has 0 aromatic carbocycles. The van der Waals surface area contributed by atoms with Gasteiger partial charge in [-0.25, -0.2) is 0 Å². The van der Waals surface area contributed by atoms with Crippen LogP contribution in [0.25, 0.3) is 0 Å². The SMILES string of the molecule is CCCOC(=O)C(C)CNC(=O)C(=O)NCCCCNC(=O)C(=O)NCC. The second kappa shape index (κ2) is 14.5. The van der Waals surface area contributed by atoms with E-state index in [4.69, 9.17) is 4.74 Å². The number of carbonyl (C=O) groups is 5. The predicted molar refractivity (Wildman–Crippen MR) is 97.4 cm³/mol. The standard InChI is InChI=1S/C17H30N4O6/c1-4-10-27-17(26)12(3)11-21-16(25)15(24)20-9-7-6-8-19-14(23)13(22)18-5-2/h12H,4-11H2,1-3H3,(H,18,22)(H,19,23)(H,20,24)(H,21,25). The van der Waals surface area contributed by atoms with Gasteiger partial charge in [0, 0.05) is 26.2 Å². The molecule has 1 atom stereocenters. The zero-order chi connectivity index (χ0) is 20.7. The van der Waals surface area contributed by atoms with Crippen LogP contribution in [0.4, 0.5) is 0 Å². The molecule has 0 heterocycles. The molecular weight excluding hydrogens is 356 g/mol. The largest absolute Gasteiger partial charge is 0.465 e. The van der Waals surface area contributed by atoms with Crippen LogP contribution in [0.5, 0.6) is 0 Å². The molecular formula is C17H30N4O6. The monoisotopic (exact) mass is 386 g/mol. The number of hydrogen-bond acceptors (Lipinski definition) is 6. The van der Waals surface area contributed by atoms with E-state index in [2.05, 4.69) is 21.3 Å². The van der Waals surface area contributed by atoms with Gasteiger partial charge in [0.05, 0.1) is 12.5 Å². The molecule has 0 saturated heterocycles. The maximum absolute atomic E-state index is 11.7. The Labute approximate surface area is 159 Å². The minimum absolute atomic E-state index is 0.0145. The molecule has 0 aromatic rings. The molecule has 0 spiro atoms. The van der Waals surface area contributed by atoms with Gasteiger partial charge in [-0.3, -0.25) is 24.0 Å². The maximum Gasteiger partial charge on any atom is 0.310 e. The molecule has 10 nitrogen and oxygen atoms in total. The molecule has 154 valence electrons. The normalized spacial score (nSPS) is 11.1. The summed E-state index contributed by atoms with van der Waals surface area (Å²) in [6.07, 6.45) is 1.77. The lowest BCUT2D eigenvalue weighted by atomic mass is 10.2. The molecule has 0 aliphatic carbocycles. The maximum atomic E-state index is 11.7. The molecule has 1 unspecified atom stereocenters. The average molecular weight is 386 g/mol. The summed E-state index contributed by atoms with van der Waals surface area (Å²) in [5.74, 6) is -3.97. The van der Waals surface area contributed by atoms with E-state index in [9.17, 15) is 24.0 Å². The summed E-state index contributed by atoms with van der Waals surface area (Å²) >= 11 is 0. The highest BCUT2D eigenvalue weighted by atomic mass is 16.5. The minimum atomic E-state index is -0.824. The van der Waals surface area contributed by atoms with Crippen molar-refractivity contribution >= 4 is 29.6 Å². The van der Waals surface area contributed by atoms with Crippen molar-refractivity contribution in [1.29, 1.82) is 0 Å². The Morgan fingerprint density at radius 1 is 0.778 bits per heavy atom. The first-order valence-corrected chi connectivity index (χ1v) is 9.12. The van der Waals surface area contributed by atoms with E-state index < -0.39 is 35.5 Å². The number of likely N-dealkylation sites (N-methyl/N-ethyl adjacent to an activating group) is 1. The molecule has 4 amide bonds. The van der Waals surface area contributed by atoms with Crippen LogP contribution in [0.1, 0.15) is 40.0 Å². The van der Waals surface area contributed by atoms with Crippen LogP contribution in [-0.2, 0) is 28.7 Å². The number of nitrogens with one attached hydrogen (secondary N) is 4. The first-order chi connectivity index (χ1) is 12.8. The van der Waals surface area contributed by atoms with Gasteiger partial charge in [-0.05, 0) is 26.2 Å². The molecule has 0 aliphatic heterocycles. The van der Waals surface area contributed by atoms with Crippen LogP contribution in [0, 0.1) is 5.92 Å². The highest BCUT2D eigenvalue weighted by Gasteiger charge is 2.18. The van der Waals surface area contributed by atoms with E-state index in [1.54, 1.807) is 13.8 Å². The van der Waals surface area contributed by atoms with Crippen molar-refractivity contribution in [1.82, 2.24) is 21.3 Å². The summed E-state index contributed by atoms with van der Waals surface area (Å²) in [5.41, 5.74) is 0. The topological polar surface area (TPSA) is 143 Å². The van der Waals surface area contributed by atoms with Crippen LogP contribution in [-0.4, -0.2) is 62.4 Å². The van der Waals surface area contributed by atoms with Gasteiger partial charge in [-0.2, -0.15) is 0 Å². The molecule has 0 bridgehead atoms. The summed E-state index contributed by atoms with van der Waals surface area (Å²) in [6.45, 7) is 6.43. The highest BCUT2D eigenvalue weighted by molar-refractivity contribution is 6.35. The predicted octanol–water partition coefficient (Wildman–Crippen LogP) is -1.16. The van der Waals surface area contributed by atoms with Crippen LogP contribution in [0.2, 0.25) is 0 Å². The fourth-order valence-electron chi connectivity index (χ4n) is 1.81. The van der Waals surface area contributed by atoms with Gasteiger partial charge >= 0.3 is 29.6 Å². The summed E-state index contributed by atoms with van der Waals surface area (Å²) in [4.78, 5) is 57.3. The smallest absolute Gasteiger partial charge is 0.310 e. The first kappa shape index (κ1) is 24.4. The third-order valence-corrected chi connectivity index (χ3v) is 3.34. The van der Waals surface area contributed by atoms with Crippen molar-refractivity contribution in [3.8, 4) is 0 Å². The quantitative estimate of drug-likeness (QED) is 0.200. The van der Waals surface area contributed by atoms with Crippen molar-refractivity contribution < 1.29 is 28.7 Å².